The third-order valence-electron chi connectivity index (χ3n) is 3.58. The fourth-order valence-corrected chi connectivity index (χ4v) is 3.23. The molecule has 3 rings (SSSR count). The Bertz CT molecular complexity index is 817. The number of benzene rings is 2. The highest BCUT2D eigenvalue weighted by atomic mass is 32.1. The van der Waals surface area contributed by atoms with Crippen LogP contribution in [0, 0.1) is 6.92 Å². The molecule has 0 aliphatic heterocycles. The molecule has 0 N–H and O–H groups in total. The Morgan fingerprint density at radius 2 is 1.56 bits per heavy atom. The topological polar surface area (TPSA) is 31.4 Å². The van der Waals surface area contributed by atoms with Gasteiger partial charge in [0.05, 0.1) is 17.9 Å². The number of aryl methyl sites for hydroxylation is 1. The molecule has 0 saturated carbocycles. The first-order valence-electron chi connectivity index (χ1n) is 8.34. The van der Waals surface area contributed by atoms with E-state index in [1.807, 2.05) is 42.5 Å². The van der Waals surface area contributed by atoms with Crippen molar-refractivity contribution in [2.24, 2.45) is 0 Å². The summed E-state index contributed by atoms with van der Waals surface area (Å²) >= 11 is 1.69. The monoisotopic (exact) mass is 353 g/mol. The molecule has 0 aliphatic carbocycles. The molecule has 0 bridgehead atoms. The summed E-state index contributed by atoms with van der Waals surface area (Å²) in [6.45, 7) is 8.81. The number of thiazole rings is 1. The lowest BCUT2D eigenvalue weighted by molar-refractivity contribution is -0.0150. The van der Waals surface area contributed by atoms with Gasteiger partial charge in [0.15, 0.2) is 0 Å². The van der Waals surface area contributed by atoms with Gasteiger partial charge in [0.2, 0.25) is 0 Å². The maximum atomic E-state index is 5.84. The van der Waals surface area contributed by atoms with Crippen molar-refractivity contribution in [2.75, 3.05) is 0 Å². The number of para-hydroxylation sites is 1. The Morgan fingerprint density at radius 1 is 0.920 bits per heavy atom. The number of hydrogen-bond acceptors (Lipinski definition) is 4. The van der Waals surface area contributed by atoms with Crippen molar-refractivity contribution >= 4 is 11.3 Å². The summed E-state index contributed by atoms with van der Waals surface area (Å²) in [4.78, 5) is 5.95. The van der Waals surface area contributed by atoms with Gasteiger partial charge in [0, 0.05) is 10.4 Å². The van der Waals surface area contributed by atoms with Gasteiger partial charge in [-0.25, -0.2) is 4.98 Å². The zero-order chi connectivity index (χ0) is 17.9. The predicted octanol–water partition coefficient (Wildman–Crippen LogP) is 6.23. The first-order valence-corrected chi connectivity index (χ1v) is 9.16. The second kappa shape index (κ2) is 7.38. The molecule has 2 aromatic carbocycles. The van der Waals surface area contributed by atoms with E-state index in [9.17, 15) is 0 Å². The third kappa shape index (κ3) is 4.91. The van der Waals surface area contributed by atoms with E-state index in [4.69, 9.17) is 14.5 Å². The van der Waals surface area contributed by atoms with E-state index >= 15 is 0 Å². The van der Waals surface area contributed by atoms with Crippen molar-refractivity contribution < 1.29 is 9.47 Å². The Hall–Kier alpha value is -2.17. The molecule has 0 atom stereocenters. The molecule has 3 nitrogen and oxygen atoms in total. The SMILES string of the molecule is Cc1sc(COC(C)(C)C)nc1-c1ccc(Oc2ccccc2)cc1. The Balaban J connectivity index is 1.73. The van der Waals surface area contributed by atoms with Crippen LogP contribution in [0.25, 0.3) is 11.3 Å². The smallest absolute Gasteiger partial charge is 0.127 e. The first kappa shape index (κ1) is 17.6. The number of nitrogens with zero attached hydrogens (tertiary/aromatic N) is 1. The van der Waals surface area contributed by atoms with Gasteiger partial charge >= 0.3 is 0 Å². The summed E-state index contributed by atoms with van der Waals surface area (Å²) in [6.07, 6.45) is 0. The minimum Gasteiger partial charge on any atom is -0.457 e. The summed E-state index contributed by atoms with van der Waals surface area (Å²) in [5, 5.41) is 1.01. The molecule has 0 aliphatic rings. The van der Waals surface area contributed by atoms with Crippen molar-refractivity contribution in [3.8, 4) is 22.8 Å². The van der Waals surface area contributed by atoms with Crippen LogP contribution in [0.3, 0.4) is 0 Å². The molecule has 1 heterocycles. The minimum absolute atomic E-state index is 0.157. The highest BCUT2D eigenvalue weighted by molar-refractivity contribution is 7.12. The van der Waals surface area contributed by atoms with Crippen LogP contribution in [-0.2, 0) is 11.3 Å². The summed E-state index contributed by atoms with van der Waals surface area (Å²) in [7, 11) is 0. The van der Waals surface area contributed by atoms with Crippen LogP contribution >= 0.6 is 11.3 Å². The average molecular weight is 353 g/mol. The fourth-order valence-electron chi connectivity index (χ4n) is 2.36. The maximum absolute atomic E-state index is 5.84. The molecular weight excluding hydrogens is 330 g/mol. The summed E-state index contributed by atoms with van der Waals surface area (Å²) in [5.41, 5.74) is 1.95. The van der Waals surface area contributed by atoms with E-state index < -0.39 is 0 Å². The maximum Gasteiger partial charge on any atom is 0.127 e. The fraction of sp³-hybridized carbons (Fsp3) is 0.286. The quantitative estimate of drug-likeness (QED) is 0.545. The van der Waals surface area contributed by atoms with Gasteiger partial charge in [-0.1, -0.05) is 18.2 Å². The molecule has 25 heavy (non-hydrogen) atoms. The molecular formula is C21H23NO2S. The van der Waals surface area contributed by atoms with E-state index in [1.54, 1.807) is 11.3 Å². The van der Waals surface area contributed by atoms with E-state index in [1.165, 1.54) is 4.88 Å². The second-order valence-electron chi connectivity index (χ2n) is 6.85. The largest absolute Gasteiger partial charge is 0.457 e. The summed E-state index contributed by atoms with van der Waals surface area (Å²) in [5.74, 6) is 1.65. The van der Waals surface area contributed by atoms with Crippen molar-refractivity contribution in [3.63, 3.8) is 0 Å². The van der Waals surface area contributed by atoms with E-state index in [0.717, 1.165) is 27.8 Å². The van der Waals surface area contributed by atoms with E-state index in [-0.39, 0.29) is 5.60 Å². The lowest BCUT2D eigenvalue weighted by Crippen LogP contribution is -2.18. The van der Waals surface area contributed by atoms with Gasteiger partial charge in [-0.05, 0) is 64.1 Å². The van der Waals surface area contributed by atoms with Crippen LogP contribution in [0.15, 0.2) is 54.6 Å². The van der Waals surface area contributed by atoms with E-state index in [0.29, 0.717) is 6.61 Å². The molecule has 4 heteroatoms. The van der Waals surface area contributed by atoms with Gasteiger partial charge in [0.25, 0.3) is 0 Å². The normalized spacial score (nSPS) is 11.5. The molecule has 1 aromatic heterocycles. The standard InChI is InChI=1S/C21H23NO2S/c1-15-20(22-19(25-15)14-23-21(2,3)4)16-10-12-18(13-11-16)24-17-8-6-5-7-9-17/h5-13H,14H2,1-4H3. The van der Waals surface area contributed by atoms with Gasteiger partial charge in [0.1, 0.15) is 16.5 Å². The lowest BCUT2D eigenvalue weighted by atomic mass is 10.1. The Kier molecular flexibility index (Phi) is 5.21. The molecule has 0 saturated heterocycles. The van der Waals surface area contributed by atoms with Crippen molar-refractivity contribution in [2.45, 2.75) is 39.9 Å². The first-order chi connectivity index (χ1) is 11.9. The van der Waals surface area contributed by atoms with Crippen molar-refractivity contribution in [3.05, 3.63) is 64.5 Å². The van der Waals surface area contributed by atoms with Gasteiger partial charge in [-0.3, -0.25) is 0 Å². The lowest BCUT2D eigenvalue weighted by Gasteiger charge is -2.18. The molecule has 0 amide bonds. The Morgan fingerprint density at radius 3 is 2.20 bits per heavy atom. The molecule has 0 fully saturated rings. The summed E-state index contributed by atoms with van der Waals surface area (Å²) < 4.78 is 11.7. The van der Waals surface area contributed by atoms with Crippen molar-refractivity contribution in [1.29, 1.82) is 0 Å². The van der Waals surface area contributed by atoms with Crippen LogP contribution in [0.2, 0.25) is 0 Å². The molecule has 0 radical (unpaired) electrons. The van der Waals surface area contributed by atoms with E-state index in [2.05, 4.69) is 39.8 Å². The molecule has 130 valence electrons. The molecule has 0 spiro atoms. The van der Waals surface area contributed by atoms with Crippen LogP contribution < -0.4 is 4.74 Å². The van der Waals surface area contributed by atoms with Crippen LogP contribution in [-0.4, -0.2) is 10.6 Å². The van der Waals surface area contributed by atoms with Crippen LogP contribution in [0.4, 0.5) is 0 Å². The molecule has 0 unspecified atom stereocenters. The second-order valence-corrected chi connectivity index (χ2v) is 8.14. The zero-order valence-electron chi connectivity index (χ0n) is 15.1. The number of hydrogen-bond donors (Lipinski definition) is 0. The highest BCUT2D eigenvalue weighted by Gasteiger charge is 2.14. The van der Waals surface area contributed by atoms with Crippen LogP contribution in [0.1, 0.15) is 30.7 Å². The minimum atomic E-state index is -0.157. The van der Waals surface area contributed by atoms with Gasteiger partial charge in [-0.2, -0.15) is 0 Å². The zero-order valence-corrected chi connectivity index (χ0v) is 15.9. The van der Waals surface area contributed by atoms with Crippen LogP contribution in [0.5, 0.6) is 11.5 Å². The Labute approximate surface area is 153 Å². The predicted molar refractivity (Wildman–Crippen MR) is 103 cm³/mol. The summed E-state index contributed by atoms with van der Waals surface area (Å²) in [6, 6.07) is 17.8. The number of aromatic nitrogens is 1. The van der Waals surface area contributed by atoms with Crippen molar-refractivity contribution in [1.82, 2.24) is 4.98 Å². The average Bonchev–Trinajstić information content (AvgIpc) is 2.95. The highest BCUT2D eigenvalue weighted by Crippen LogP contribution is 2.30. The van der Waals surface area contributed by atoms with Gasteiger partial charge in [-0.15, -0.1) is 11.3 Å². The molecule has 3 aromatic rings. The third-order valence-corrected chi connectivity index (χ3v) is 4.52. The van der Waals surface area contributed by atoms with Gasteiger partial charge < -0.3 is 9.47 Å². The number of ether oxygens (including phenoxy) is 2. The number of rotatable bonds is 5.